The second-order valence-corrected chi connectivity index (χ2v) is 6.59. The average Bonchev–Trinajstić information content (AvgIpc) is 2.79. The van der Waals surface area contributed by atoms with Gasteiger partial charge in [-0.15, -0.1) is 0 Å². The maximum Gasteiger partial charge on any atom is 0.307 e. The second kappa shape index (κ2) is 6.25. The van der Waals surface area contributed by atoms with Crippen molar-refractivity contribution in [1.82, 2.24) is 4.98 Å². The highest BCUT2D eigenvalue weighted by atomic mass is 35.5. The number of aromatic nitrogens is 1. The molecule has 0 amide bonds. The van der Waals surface area contributed by atoms with E-state index in [2.05, 4.69) is 4.98 Å². The number of aromatic amines is 1. The van der Waals surface area contributed by atoms with Crippen LogP contribution in [0.15, 0.2) is 30.3 Å². The normalized spacial score (nSPS) is 11.1. The number of carboxylic acid groups (broad SMARTS) is 1. The maximum absolute atomic E-state index is 11.3. The number of aliphatic carboxylic acids is 1. The fourth-order valence-electron chi connectivity index (χ4n) is 2.57. The Hall–Kier alpha value is -1.39. The monoisotopic (exact) mass is 387 g/mol. The summed E-state index contributed by atoms with van der Waals surface area (Å²) in [5, 5.41) is 11.4. The molecule has 0 aliphatic heterocycles. The third-order valence-electron chi connectivity index (χ3n) is 3.47. The fourth-order valence-corrected chi connectivity index (χ4v) is 3.57. The molecule has 2 aromatic carbocycles. The van der Waals surface area contributed by atoms with Crippen LogP contribution in [-0.4, -0.2) is 16.1 Å². The van der Waals surface area contributed by atoms with Crippen LogP contribution in [0, 0.1) is 0 Å². The van der Waals surface area contributed by atoms with Gasteiger partial charge in [-0.25, -0.2) is 0 Å². The van der Waals surface area contributed by atoms with E-state index < -0.39 is 5.97 Å². The van der Waals surface area contributed by atoms with Crippen molar-refractivity contribution in [2.45, 2.75) is 6.42 Å². The molecule has 0 radical (unpaired) electrons. The molecule has 3 nitrogen and oxygen atoms in total. The summed E-state index contributed by atoms with van der Waals surface area (Å²) in [5.41, 5.74) is 2.36. The molecule has 0 saturated heterocycles. The van der Waals surface area contributed by atoms with Crippen LogP contribution < -0.4 is 0 Å². The standard InChI is InChI=1S/C16H9Cl4NO2/c17-7-4-11(19)14-9(6-13(22)23)16(21-12(14)5-7)8-2-1-3-10(18)15(8)20/h1-5,21H,6H2,(H,22,23). The molecule has 1 aromatic heterocycles. The zero-order valence-electron chi connectivity index (χ0n) is 11.5. The predicted molar refractivity (Wildman–Crippen MR) is 95.1 cm³/mol. The summed E-state index contributed by atoms with van der Waals surface area (Å²) in [7, 11) is 0. The minimum Gasteiger partial charge on any atom is -0.481 e. The summed E-state index contributed by atoms with van der Waals surface area (Å²) in [5.74, 6) is -0.976. The van der Waals surface area contributed by atoms with Crippen molar-refractivity contribution in [3.63, 3.8) is 0 Å². The Balaban J connectivity index is 2.38. The lowest BCUT2D eigenvalue weighted by molar-refractivity contribution is -0.136. The van der Waals surface area contributed by atoms with Crippen LogP contribution in [0.4, 0.5) is 0 Å². The summed E-state index contributed by atoms with van der Waals surface area (Å²) < 4.78 is 0. The molecule has 0 aliphatic carbocycles. The Morgan fingerprint density at radius 1 is 1.09 bits per heavy atom. The number of H-pyrrole nitrogens is 1. The number of rotatable bonds is 3. The first-order valence-electron chi connectivity index (χ1n) is 6.54. The van der Waals surface area contributed by atoms with Gasteiger partial charge in [0, 0.05) is 21.5 Å². The molecule has 118 valence electrons. The first-order valence-corrected chi connectivity index (χ1v) is 8.05. The van der Waals surface area contributed by atoms with Gasteiger partial charge >= 0.3 is 5.97 Å². The van der Waals surface area contributed by atoms with Crippen molar-refractivity contribution in [1.29, 1.82) is 0 Å². The van der Waals surface area contributed by atoms with E-state index in [4.69, 9.17) is 46.4 Å². The zero-order chi connectivity index (χ0) is 16.7. The molecule has 0 atom stereocenters. The smallest absolute Gasteiger partial charge is 0.307 e. The predicted octanol–water partition coefficient (Wildman–Crippen LogP) is 6.08. The van der Waals surface area contributed by atoms with Gasteiger partial charge in [-0.3, -0.25) is 4.79 Å². The lowest BCUT2D eigenvalue weighted by atomic mass is 10.0. The summed E-state index contributed by atoms with van der Waals surface area (Å²) in [6, 6.07) is 8.44. The largest absolute Gasteiger partial charge is 0.481 e. The quantitative estimate of drug-likeness (QED) is 0.571. The minimum absolute atomic E-state index is 0.209. The molecule has 0 saturated carbocycles. The third-order valence-corrected chi connectivity index (χ3v) is 4.80. The number of carboxylic acids is 1. The molecule has 3 aromatic rings. The Labute approximate surface area is 151 Å². The number of carbonyl (C=O) groups is 1. The van der Waals surface area contributed by atoms with E-state index in [-0.39, 0.29) is 6.42 Å². The summed E-state index contributed by atoms with van der Waals surface area (Å²) in [6.07, 6.45) is -0.209. The average molecular weight is 389 g/mol. The first-order chi connectivity index (χ1) is 10.9. The van der Waals surface area contributed by atoms with Gasteiger partial charge in [0.2, 0.25) is 0 Å². The lowest BCUT2D eigenvalue weighted by Gasteiger charge is -2.07. The van der Waals surface area contributed by atoms with E-state index in [1.54, 1.807) is 30.3 Å². The van der Waals surface area contributed by atoms with Gasteiger partial charge in [-0.2, -0.15) is 0 Å². The van der Waals surface area contributed by atoms with Gasteiger partial charge < -0.3 is 10.1 Å². The topological polar surface area (TPSA) is 53.1 Å². The highest BCUT2D eigenvalue weighted by Gasteiger charge is 2.20. The highest BCUT2D eigenvalue weighted by Crippen LogP contribution is 2.40. The first kappa shape index (κ1) is 16.5. The molecule has 3 rings (SSSR count). The van der Waals surface area contributed by atoms with Gasteiger partial charge in [-0.05, 0) is 23.8 Å². The van der Waals surface area contributed by atoms with Crippen LogP contribution >= 0.6 is 46.4 Å². The number of hydrogen-bond acceptors (Lipinski definition) is 1. The van der Waals surface area contributed by atoms with Crippen LogP contribution in [0.5, 0.6) is 0 Å². The Bertz CT molecular complexity index is 933. The summed E-state index contributed by atoms with van der Waals surface area (Å²) in [6.45, 7) is 0. The van der Waals surface area contributed by atoms with Crippen LogP contribution in [-0.2, 0) is 11.2 Å². The molecular formula is C16H9Cl4NO2. The van der Waals surface area contributed by atoms with Gasteiger partial charge in [0.25, 0.3) is 0 Å². The highest BCUT2D eigenvalue weighted by molar-refractivity contribution is 6.44. The van der Waals surface area contributed by atoms with Crippen LogP contribution in [0.25, 0.3) is 22.2 Å². The number of benzene rings is 2. The number of hydrogen-bond donors (Lipinski definition) is 2. The number of nitrogens with one attached hydrogen (secondary N) is 1. The fraction of sp³-hybridized carbons (Fsp3) is 0.0625. The van der Waals surface area contributed by atoms with Crippen molar-refractivity contribution in [3.8, 4) is 11.3 Å². The van der Waals surface area contributed by atoms with Gasteiger partial charge in [-0.1, -0.05) is 58.5 Å². The molecule has 0 fully saturated rings. The molecule has 2 N–H and O–H groups in total. The van der Waals surface area contributed by atoms with E-state index in [0.29, 0.717) is 47.8 Å². The SMILES string of the molecule is O=C(O)Cc1c(-c2cccc(Cl)c2Cl)[nH]c2cc(Cl)cc(Cl)c12. The molecule has 1 heterocycles. The summed E-state index contributed by atoms with van der Waals surface area (Å²) >= 11 is 24.6. The molecule has 0 bridgehead atoms. The van der Waals surface area contributed by atoms with Crippen molar-refractivity contribution in [3.05, 3.63) is 56.0 Å². The zero-order valence-corrected chi connectivity index (χ0v) is 14.5. The van der Waals surface area contributed by atoms with E-state index in [0.717, 1.165) is 0 Å². The second-order valence-electron chi connectivity index (χ2n) is 4.96. The lowest BCUT2D eigenvalue weighted by Crippen LogP contribution is -2.01. The van der Waals surface area contributed by atoms with Crippen molar-refractivity contribution in [2.75, 3.05) is 0 Å². The Kier molecular flexibility index (Phi) is 4.47. The van der Waals surface area contributed by atoms with E-state index in [9.17, 15) is 9.90 Å². The number of halogens is 4. The van der Waals surface area contributed by atoms with Crippen molar-refractivity contribution in [2.24, 2.45) is 0 Å². The molecule has 0 unspecified atom stereocenters. The van der Waals surface area contributed by atoms with E-state index in [1.165, 1.54) is 0 Å². The Morgan fingerprint density at radius 3 is 2.52 bits per heavy atom. The molecule has 0 aliphatic rings. The van der Waals surface area contributed by atoms with Gasteiger partial charge in [0.15, 0.2) is 0 Å². The Morgan fingerprint density at radius 2 is 1.83 bits per heavy atom. The molecule has 0 spiro atoms. The third kappa shape index (κ3) is 3.02. The van der Waals surface area contributed by atoms with Crippen molar-refractivity contribution < 1.29 is 9.90 Å². The summed E-state index contributed by atoms with van der Waals surface area (Å²) in [4.78, 5) is 14.4. The van der Waals surface area contributed by atoms with Crippen LogP contribution in [0.1, 0.15) is 5.56 Å². The van der Waals surface area contributed by atoms with E-state index >= 15 is 0 Å². The van der Waals surface area contributed by atoms with Gasteiger partial charge in [0.1, 0.15) is 0 Å². The van der Waals surface area contributed by atoms with Crippen LogP contribution in [0.3, 0.4) is 0 Å². The maximum atomic E-state index is 11.3. The van der Waals surface area contributed by atoms with E-state index in [1.807, 2.05) is 0 Å². The van der Waals surface area contributed by atoms with Crippen LogP contribution in [0.2, 0.25) is 20.1 Å². The minimum atomic E-state index is -0.976. The molecule has 7 heteroatoms. The molecule has 23 heavy (non-hydrogen) atoms. The molecular weight excluding hydrogens is 380 g/mol. The number of fused-ring (bicyclic) bond motifs is 1. The van der Waals surface area contributed by atoms with Gasteiger partial charge in [0.05, 0.1) is 27.2 Å². The van der Waals surface area contributed by atoms with Crippen molar-refractivity contribution >= 4 is 63.3 Å².